The summed E-state index contributed by atoms with van der Waals surface area (Å²) >= 11 is 0. The van der Waals surface area contributed by atoms with E-state index in [4.69, 9.17) is 4.89 Å². The fourth-order valence-electron chi connectivity index (χ4n) is 0.427. The zero-order chi connectivity index (χ0) is 10.5. The van der Waals surface area contributed by atoms with Gasteiger partial charge in [-0.2, -0.15) is 9.90 Å². The molecule has 0 aromatic heterocycles. The normalized spacial score (nSPS) is 8.88. The Morgan fingerprint density at radius 1 is 1.12 bits per heavy atom. The molecule has 0 radical (unpaired) electrons. The van der Waals surface area contributed by atoms with Gasteiger partial charge < -0.3 is 0 Å². The van der Waals surface area contributed by atoms with Gasteiger partial charge in [0.2, 0.25) is 0 Å². The van der Waals surface area contributed by atoms with Gasteiger partial charge in [0, 0.05) is 0 Å². The van der Waals surface area contributed by atoms with Gasteiger partial charge in [0.25, 0.3) is 0 Å². The molecule has 0 aromatic rings. The average Bonchev–Trinajstić information content (AvgIpc) is 2.21. The molecule has 92 valence electrons. The molecule has 16 heavy (non-hydrogen) atoms. The van der Waals surface area contributed by atoms with E-state index < -0.39 is 0 Å². The summed E-state index contributed by atoms with van der Waals surface area (Å²) in [6.45, 7) is 2.65. The van der Waals surface area contributed by atoms with Crippen molar-refractivity contribution < 1.29 is 23.7 Å². The first kappa shape index (κ1) is 21.9. The van der Waals surface area contributed by atoms with Crippen LogP contribution in [0.2, 0.25) is 0 Å². The van der Waals surface area contributed by atoms with E-state index in [9.17, 15) is 0 Å². The van der Waals surface area contributed by atoms with Crippen LogP contribution in [0.25, 0.3) is 0 Å². The van der Waals surface area contributed by atoms with Gasteiger partial charge in [-0.05, 0) is 0 Å². The van der Waals surface area contributed by atoms with Crippen LogP contribution in [-0.4, -0.2) is 36.1 Å². The molecular weight excluding hydrogens is 265 g/mol. The summed E-state index contributed by atoms with van der Waals surface area (Å²) in [5.74, 6) is 0. The largest absolute Gasteiger partial charge is 0.153 e. The van der Waals surface area contributed by atoms with Crippen molar-refractivity contribution in [3.63, 3.8) is 0 Å². The molecule has 1 unspecified atom stereocenters. The first-order chi connectivity index (χ1) is 6.91. The second-order valence-electron chi connectivity index (χ2n) is 2.06. The Morgan fingerprint density at radius 3 is 2.44 bits per heavy atom. The fraction of sp³-hybridized carbons (Fsp3) is 1.00. The number of hydrogen-bond acceptors (Lipinski definition) is 5. The third kappa shape index (κ3) is 20.2. The minimum Gasteiger partial charge on any atom is -0.153 e. The Hall–Kier alpha value is 0.705. The van der Waals surface area contributed by atoms with E-state index in [2.05, 4.69) is 25.7 Å². The average molecular weight is 284 g/mol. The molecule has 11 heteroatoms. The number of hydrogen-bond donors (Lipinski definition) is 0. The van der Waals surface area contributed by atoms with E-state index >= 15 is 0 Å². The molecular formula is C5H18B3O5P3. The second-order valence-corrected chi connectivity index (χ2v) is 3.88. The van der Waals surface area contributed by atoms with E-state index in [-0.39, 0.29) is 18.3 Å². The molecule has 0 aliphatic rings. The molecule has 5 nitrogen and oxygen atoms in total. The summed E-state index contributed by atoms with van der Waals surface area (Å²) in [6, 6.07) is 0. The molecule has 0 N–H and O–H groups in total. The summed E-state index contributed by atoms with van der Waals surface area (Å²) in [4.78, 5) is 13.9. The zero-order valence-corrected chi connectivity index (χ0v) is 12.1. The van der Waals surface area contributed by atoms with E-state index in [1.807, 2.05) is 0 Å². The van der Waals surface area contributed by atoms with Crippen molar-refractivity contribution in [3.05, 3.63) is 0 Å². The van der Waals surface area contributed by atoms with Crippen molar-refractivity contribution in [2.45, 2.75) is 19.8 Å². The summed E-state index contributed by atoms with van der Waals surface area (Å²) in [5.41, 5.74) is 0. The van der Waals surface area contributed by atoms with Crippen LogP contribution in [0.1, 0.15) is 19.8 Å². The topological polar surface area (TPSA) is 46.2 Å². The second kappa shape index (κ2) is 21.0. The fourth-order valence-corrected chi connectivity index (χ4v) is 1.01. The Bertz CT molecular complexity index is 173. The summed E-state index contributed by atoms with van der Waals surface area (Å²) < 4.78 is 9.30. The van der Waals surface area contributed by atoms with Gasteiger partial charge >= 0.3 is 87.4 Å². The molecule has 0 spiro atoms. The third-order valence-electron chi connectivity index (χ3n) is 1.01. The van der Waals surface area contributed by atoms with Crippen LogP contribution in [0.5, 0.6) is 0 Å². The van der Waals surface area contributed by atoms with Crippen molar-refractivity contribution >= 4 is 48.5 Å². The summed E-state index contributed by atoms with van der Waals surface area (Å²) in [6.07, 6.45) is 2.04. The first-order valence-electron chi connectivity index (χ1n) is 4.11. The third-order valence-corrected chi connectivity index (χ3v) is 2.28. The smallest absolute Gasteiger partial charge is 0.153 e. The zero-order valence-electron chi connectivity index (χ0n) is 8.92. The van der Waals surface area contributed by atoms with Gasteiger partial charge in [-0.25, -0.2) is 0 Å². The Labute approximate surface area is 106 Å². The predicted octanol–water partition coefficient (Wildman–Crippen LogP) is 0.994. The Morgan fingerprint density at radius 2 is 1.81 bits per heavy atom. The van der Waals surface area contributed by atoms with Crippen LogP contribution in [-0.2, 0) is 23.7 Å². The van der Waals surface area contributed by atoms with Crippen LogP contribution in [0.4, 0.5) is 0 Å². The molecule has 1 atom stereocenters. The van der Waals surface area contributed by atoms with Gasteiger partial charge in [-0.3, -0.25) is 0 Å². The molecule has 0 rings (SSSR count). The van der Waals surface area contributed by atoms with E-state index in [1.165, 1.54) is 14.0 Å². The molecule has 0 fully saturated rings. The molecule has 0 aromatic carbocycles. The van der Waals surface area contributed by atoms with Gasteiger partial charge in [0.05, 0.1) is 8.41 Å². The van der Waals surface area contributed by atoms with Crippen molar-refractivity contribution in [3.8, 4) is 0 Å². The van der Waals surface area contributed by atoms with Crippen molar-refractivity contribution in [2.24, 2.45) is 0 Å². The monoisotopic (exact) mass is 284 g/mol. The van der Waals surface area contributed by atoms with Gasteiger partial charge in [0.1, 0.15) is 0 Å². The Balaban J connectivity index is -0.000000845. The van der Waals surface area contributed by atoms with Crippen LogP contribution in [0.15, 0.2) is 0 Å². The van der Waals surface area contributed by atoms with E-state index in [0.29, 0.717) is 22.8 Å². The molecule has 0 heterocycles. The molecule has 0 bridgehead atoms. The van der Waals surface area contributed by atoms with Crippen molar-refractivity contribution in [1.82, 2.24) is 0 Å². The van der Waals surface area contributed by atoms with Crippen LogP contribution >= 0.6 is 26.1 Å². The van der Waals surface area contributed by atoms with Crippen molar-refractivity contribution in [1.29, 1.82) is 0 Å². The summed E-state index contributed by atoms with van der Waals surface area (Å²) in [5, 5.41) is 0. The minimum absolute atomic E-state index is 0. The predicted molar refractivity (Wildman–Crippen MR) is 77.5 cm³/mol. The maximum Gasteiger partial charge on any atom is -0.153 e. The maximum absolute atomic E-state index is 4.75. The van der Waals surface area contributed by atoms with Crippen LogP contribution < -0.4 is 0 Å². The van der Waals surface area contributed by atoms with Gasteiger partial charge in [0.15, 0.2) is 0 Å². The first-order valence-corrected chi connectivity index (χ1v) is 6.44. The SMILES string of the molecule is B.CCCCOO/B=B/OO/P=P/OC.P. The minimum atomic E-state index is 0. The number of rotatable bonds is 9. The molecule has 0 saturated heterocycles. The number of unbranched alkanes of at least 4 members (excludes halogenated alkanes) is 1. The molecule has 0 aliphatic carbocycles. The standard InChI is InChI=1S/C5H12B2O5P2.BH3.H3P/c1-3-4-5-9-10-6-7-11-12-14-13-8-2;;/h3-5H2,1-2H3;2*1H3. The van der Waals surface area contributed by atoms with Crippen LogP contribution in [0.3, 0.4) is 0 Å². The Kier molecular flexibility index (Phi) is 28.8. The van der Waals surface area contributed by atoms with Gasteiger partial charge in [-0.15, -0.1) is 0 Å². The van der Waals surface area contributed by atoms with Crippen molar-refractivity contribution in [2.75, 3.05) is 13.7 Å². The molecule has 0 amide bonds. The van der Waals surface area contributed by atoms with Crippen LogP contribution in [0, 0.1) is 0 Å². The molecule has 0 aliphatic heterocycles. The maximum atomic E-state index is 4.75. The van der Waals surface area contributed by atoms with E-state index in [1.54, 1.807) is 7.11 Å². The molecule has 0 saturated carbocycles. The van der Waals surface area contributed by atoms with Gasteiger partial charge in [-0.1, -0.05) is 0 Å². The quantitative estimate of drug-likeness (QED) is 0.208. The van der Waals surface area contributed by atoms with E-state index in [0.717, 1.165) is 12.8 Å². The summed E-state index contributed by atoms with van der Waals surface area (Å²) in [7, 11) is 5.31.